The molecule has 1 aromatic rings. The molecular weight excluding hydrogens is 174 g/mol. The Morgan fingerprint density at radius 1 is 1.36 bits per heavy atom. The van der Waals surface area contributed by atoms with Gasteiger partial charge in [-0.15, -0.1) is 0 Å². The van der Waals surface area contributed by atoms with Crippen molar-refractivity contribution >= 4 is 0 Å². The lowest BCUT2D eigenvalue weighted by molar-refractivity contribution is -0.0207. The Kier molecular flexibility index (Phi) is 1.55. The van der Waals surface area contributed by atoms with E-state index in [1.54, 1.807) is 0 Å². The number of benzene rings is 1. The summed E-state index contributed by atoms with van der Waals surface area (Å²) in [4.78, 5) is 0. The third-order valence-corrected chi connectivity index (χ3v) is 2.33. The molecule has 0 bridgehead atoms. The van der Waals surface area contributed by atoms with E-state index in [2.05, 4.69) is 5.32 Å². The summed E-state index contributed by atoms with van der Waals surface area (Å²) in [6.07, 6.45) is -0.523. The van der Waals surface area contributed by atoms with E-state index in [9.17, 15) is 0 Å². The van der Waals surface area contributed by atoms with Gasteiger partial charge in [0, 0.05) is 12.1 Å². The third-order valence-electron chi connectivity index (χ3n) is 2.33. The Balaban J connectivity index is 2.51. The molecule has 0 saturated carbocycles. The molecule has 0 aromatic heterocycles. The van der Waals surface area contributed by atoms with Crippen LogP contribution < -0.4 is 5.32 Å². The normalized spacial score (nSPS) is 37.9. The van der Waals surface area contributed by atoms with Crippen LogP contribution in [-0.2, 0) is 4.74 Å². The highest BCUT2D eigenvalue weighted by atomic mass is 16.5. The quantitative estimate of drug-likeness (QED) is 0.743. The van der Waals surface area contributed by atoms with Gasteiger partial charge in [0.1, 0.15) is 0 Å². The highest BCUT2D eigenvalue weighted by molar-refractivity contribution is 5.19. The fraction of sp³-hybridized carbons (Fsp3) is 0.500. The molecule has 1 fully saturated rings. The van der Waals surface area contributed by atoms with Crippen molar-refractivity contribution in [2.75, 3.05) is 6.61 Å². The molecule has 76 valence electrons. The number of morpholine rings is 1. The van der Waals surface area contributed by atoms with Crippen molar-refractivity contribution in [3.8, 4) is 0 Å². The molecule has 1 aliphatic rings. The molecule has 3 atom stereocenters. The van der Waals surface area contributed by atoms with E-state index >= 15 is 0 Å². The maximum Gasteiger partial charge on any atom is 0.0975 e. The van der Waals surface area contributed by atoms with Crippen molar-refractivity contribution in [2.45, 2.75) is 32.0 Å². The zero-order valence-corrected chi connectivity index (χ0v) is 8.35. The van der Waals surface area contributed by atoms with Gasteiger partial charge in [0.25, 0.3) is 0 Å². The van der Waals surface area contributed by atoms with Crippen molar-refractivity contribution in [2.24, 2.45) is 0 Å². The second kappa shape index (κ2) is 4.11. The van der Waals surface area contributed by atoms with E-state index in [0.29, 0.717) is 6.61 Å². The number of nitrogens with one attached hydrogen (secondary N) is 1. The van der Waals surface area contributed by atoms with Crippen molar-refractivity contribution in [3.63, 3.8) is 0 Å². The average molecular weight is 196 g/mol. The first-order valence-corrected chi connectivity index (χ1v) is 4.79. The van der Waals surface area contributed by atoms with Crippen LogP contribution in [0.4, 0.5) is 0 Å². The molecule has 2 heteroatoms. The standard InChI is InChI=1S/C12H17NO/c1-9-8-14-12(10(2)13-9)11-6-4-3-5-7-11/h3-7,9-10,12-13H,8H2,1-2H3/i3D,4D,5D,6D,7D. The van der Waals surface area contributed by atoms with Gasteiger partial charge in [-0.3, -0.25) is 0 Å². The van der Waals surface area contributed by atoms with Crippen molar-refractivity contribution < 1.29 is 11.6 Å². The van der Waals surface area contributed by atoms with E-state index < -0.39 is 6.10 Å². The van der Waals surface area contributed by atoms with Gasteiger partial charge in [-0.1, -0.05) is 30.2 Å². The molecule has 0 aliphatic carbocycles. The zero-order chi connectivity index (χ0) is 14.3. The monoisotopic (exact) mass is 196 g/mol. The SMILES string of the molecule is [2H]c1c([2H])c([2H])c(C2OCC(C)NC2C)c([2H])c1[2H]. The lowest BCUT2D eigenvalue weighted by Gasteiger charge is -2.34. The first kappa shape index (κ1) is 5.29. The molecule has 2 nitrogen and oxygen atoms in total. The summed E-state index contributed by atoms with van der Waals surface area (Å²) in [5, 5.41) is 3.27. The predicted octanol–water partition coefficient (Wildman–Crippen LogP) is 2.12. The molecule has 0 spiro atoms. The lowest BCUT2D eigenvalue weighted by Crippen LogP contribution is -2.47. The van der Waals surface area contributed by atoms with Gasteiger partial charge >= 0.3 is 0 Å². The number of rotatable bonds is 1. The summed E-state index contributed by atoms with van der Waals surface area (Å²) in [5.41, 5.74) is 0.234. The highest BCUT2D eigenvalue weighted by Crippen LogP contribution is 2.24. The zero-order valence-electron chi connectivity index (χ0n) is 13.3. The molecule has 1 N–H and O–H groups in total. The smallest absolute Gasteiger partial charge is 0.0975 e. The predicted molar refractivity (Wildman–Crippen MR) is 57.2 cm³/mol. The molecule has 1 aromatic carbocycles. The Labute approximate surface area is 92.3 Å². The Hall–Kier alpha value is -0.860. The van der Waals surface area contributed by atoms with E-state index in [0.717, 1.165) is 0 Å². The molecular formula is C12H17NO. The number of ether oxygens (including phenoxy) is 1. The number of hydrogen-bond acceptors (Lipinski definition) is 2. The molecule has 1 heterocycles. The van der Waals surface area contributed by atoms with Crippen molar-refractivity contribution in [3.05, 3.63) is 35.8 Å². The molecule has 0 amide bonds. The minimum atomic E-state index is -0.523. The third kappa shape index (κ3) is 1.97. The summed E-state index contributed by atoms with van der Waals surface area (Å²) in [5.74, 6) is 0. The minimum Gasteiger partial charge on any atom is -0.370 e. The van der Waals surface area contributed by atoms with Gasteiger partial charge in [0.05, 0.1) is 19.6 Å². The van der Waals surface area contributed by atoms with Crippen LogP contribution in [0.15, 0.2) is 30.2 Å². The van der Waals surface area contributed by atoms with E-state index in [1.165, 1.54) is 0 Å². The van der Waals surface area contributed by atoms with Crippen LogP contribution in [0.5, 0.6) is 0 Å². The Morgan fingerprint density at radius 2 is 2.07 bits per heavy atom. The summed E-state index contributed by atoms with van der Waals surface area (Å²) < 4.78 is 44.5. The fourth-order valence-corrected chi connectivity index (χ4v) is 1.71. The van der Waals surface area contributed by atoms with E-state index in [1.807, 2.05) is 13.8 Å². The van der Waals surface area contributed by atoms with Gasteiger partial charge in [-0.2, -0.15) is 0 Å². The largest absolute Gasteiger partial charge is 0.370 e. The second-order valence-electron chi connectivity index (χ2n) is 3.65. The van der Waals surface area contributed by atoms with Crippen LogP contribution in [-0.4, -0.2) is 18.7 Å². The maximum atomic E-state index is 7.93. The van der Waals surface area contributed by atoms with Gasteiger partial charge in [0.15, 0.2) is 0 Å². The summed E-state index contributed by atoms with van der Waals surface area (Å²) in [6, 6.07) is -1.28. The van der Waals surface area contributed by atoms with Gasteiger partial charge in [-0.05, 0) is 19.4 Å². The van der Waals surface area contributed by atoms with Crippen LogP contribution >= 0.6 is 0 Å². The van der Waals surface area contributed by atoms with Crippen molar-refractivity contribution in [1.29, 1.82) is 0 Å². The molecule has 14 heavy (non-hydrogen) atoms. The van der Waals surface area contributed by atoms with Crippen LogP contribution in [0.25, 0.3) is 0 Å². The van der Waals surface area contributed by atoms with Crippen LogP contribution in [0, 0.1) is 0 Å². The molecule has 1 saturated heterocycles. The van der Waals surface area contributed by atoms with E-state index in [-0.39, 0.29) is 47.9 Å². The maximum absolute atomic E-state index is 7.93. The fourth-order valence-electron chi connectivity index (χ4n) is 1.71. The Bertz CT molecular complexity index is 478. The summed E-state index contributed by atoms with van der Waals surface area (Å²) >= 11 is 0. The molecule has 0 radical (unpaired) electrons. The van der Waals surface area contributed by atoms with Crippen LogP contribution in [0.3, 0.4) is 0 Å². The van der Waals surface area contributed by atoms with Gasteiger partial charge in [-0.25, -0.2) is 0 Å². The van der Waals surface area contributed by atoms with Crippen LogP contribution in [0.1, 0.15) is 32.4 Å². The Morgan fingerprint density at radius 3 is 2.71 bits per heavy atom. The van der Waals surface area contributed by atoms with E-state index in [4.69, 9.17) is 11.6 Å². The highest BCUT2D eigenvalue weighted by Gasteiger charge is 2.26. The van der Waals surface area contributed by atoms with Gasteiger partial charge < -0.3 is 10.1 Å². The topological polar surface area (TPSA) is 21.3 Å². The number of hydrogen-bond donors (Lipinski definition) is 1. The second-order valence-corrected chi connectivity index (χ2v) is 3.65. The molecule has 2 rings (SSSR count). The average Bonchev–Trinajstić information content (AvgIpc) is 2.37. The minimum absolute atomic E-state index is 0.104. The summed E-state index contributed by atoms with van der Waals surface area (Å²) in [7, 11) is 0. The van der Waals surface area contributed by atoms with Crippen molar-refractivity contribution in [1.82, 2.24) is 5.32 Å². The first-order valence-electron chi connectivity index (χ1n) is 7.29. The van der Waals surface area contributed by atoms with Crippen LogP contribution in [0.2, 0.25) is 0 Å². The molecule has 3 unspecified atom stereocenters. The first-order chi connectivity index (χ1) is 8.84. The molecule has 1 aliphatic heterocycles. The van der Waals surface area contributed by atoms with Gasteiger partial charge in [0.2, 0.25) is 0 Å². The lowest BCUT2D eigenvalue weighted by atomic mass is 10.0. The summed E-state index contributed by atoms with van der Waals surface area (Å²) in [6.45, 7) is 4.33.